The number of carbonyl (C=O) groups excluding carboxylic acids is 1. The summed E-state index contributed by atoms with van der Waals surface area (Å²) in [7, 11) is 2.42. The molecule has 10 atom stereocenters. The van der Waals surface area contributed by atoms with Crippen LogP contribution >= 0.6 is 0 Å². The molecule has 21 nitrogen and oxygen atoms in total. The van der Waals surface area contributed by atoms with E-state index in [1.807, 2.05) is 0 Å². The predicted molar refractivity (Wildman–Crippen MR) is 196 cm³/mol. The molecule has 21 heteroatoms. The zero-order chi connectivity index (χ0) is 42.9. The van der Waals surface area contributed by atoms with E-state index in [0.29, 0.717) is 5.56 Å². The number of hydrogen-bond donors (Lipinski definition) is 11. The second-order valence-corrected chi connectivity index (χ2v) is 13.3. The summed E-state index contributed by atoms with van der Waals surface area (Å²) in [6, 6.07) is 8.34. The Morgan fingerprint density at radius 3 is 2.12 bits per heavy atom. The molecule has 59 heavy (non-hydrogen) atoms. The lowest BCUT2D eigenvalue weighted by molar-refractivity contribution is -0.324. The van der Waals surface area contributed by atoms with Crippen molar-refractivity contribution in [1.82, 2.24) is 0 Å². The first-order chi connectivity index (χ1) is 28.1. The molecule has 11 N–H and O–H groups in total. The molecule has 2 saturated heterocycles. The Kier molecular flexibility index (Phi) is 12.7. The molecule has 0 spiro atoms. The summed E-state index contributed by atoms with van der Waals surface area (Å²) in [5.41, 5.74) is -1.26. The molecule has 2 fully saturated rings. The van der Waals surface area contributed by atoms with Gasteiger partial charge in [-0.05, 0) is 42.0 Å². The number of methoxy groups -OCH3 is 2. The summed E-state index contributed by atoms with van der Waals surface area (Å²) < 4.78 is 44.0. The van der Waals surface area contributed by atoms with E-state index in [-0.39, 0.29) is 17.1 Å². The van der Waals surface area contributed by atoms with Crippen molar-refractivity contribution < 1.29 is 98.5 Å². The van der Waals surface area contributed by atoms with Crippen LogP contribution in [0.2, 0.25) is 0 Å². The maximum absolute atomic E-state index is 14.0. The van der Waals surface area contributed by atoms with Gasteiger partial charge < -0.3 is 93.7 Å². The van der Waals surface area contributed by atoms with Crippen LogP contribution in [0.15, 0.2) is 57.8 Å². The number of fused-ring (bicyclic) bond motifs is 1. The van der Waals surface area contributed by atoms with Crippen LogP contribution < -0.4 is 19.6 Å². The van der Waals surface area contributed by atoms with E-state index >= 15 is 0 Å². The number of aromatic hydroxyl groups is 5. The summed E-state index contributed by atoms with van der Waals surface area (Å²) in [5.74, 6) is -5.64. The van der Waals surface area contributed by atoms with E-state index in [0.717, 1.165) is 31.4 Å². The third-order valence-corrected chi connectivity index (χ3v) is 9.51. The van der Waals surface area contributed by atoms with Crippen molar-refractivity contribution in [1.29, 1.82) is 0 Å². The molecule has 3 aromatic carbocycles. The third-order valence-electron chi connectivity index (χ3n) is 9.51. The molecule has 6 rings (SSSR count). The number of rotatable bonds is 12. The molecule has 3 heterocycles. The molecular weight excluding hydrogens is 792 g/mol. The molecule has 0 bridgehead atoms. The highest BCUT2D eigenvalue weighted by molar-refractivity contribution is 5.91. The second kappa shape index (κ2) is 17.5. The Balaban J connectivity index is 1.27. The van der Waals surface area contributed by atoms with Crippen LogP contribution in [0.1, 0.15) is 5.56 Å². The molecule has 4 aromatic rings. The molecule has 10 unspecified atom stereocenters. The van der Waals surface area contributed by atoms with Gasteiger partial charge >= 0.3 is 5.97 Å². The summed E-state index contributed by atoms with van der Waals surface area (Å²) in [4.78, 5) is 26.9. The average Bonchev–Trinajstić information content (AvgIpc) is 3.21. The first kappa shape index (κ1) is 42.7. The highest BCUT2D eigenvalue weighted by Crippen LogP contribution is 2.44. The zero-order valence-corrected chi connectivity index (χ0v) is 30.9. The molecule has 0 radical (unpaired) electrons. The Morgan fingerprint density at radius 2 is 1.44 bits per heavy atom. The number of phenolic OH excluding ortho intramolecular Hbond substituents is 5. The number of carbonyl (C=O) groups is 1. The predicted octanol–water partition coefficient (Wildman–Crippen LogP) is -0.728. The van der Waals surface area contributed by atoms with Crippen molar-refractivity contribution >= 4 is 23.0 Å². The van der Waals surface area contributed by atoms with Crippen LogP contribution in [0.25, 0.3) is 28.4 Å². The smallest absolute Gasteiger partial charge is 0.331 e. The van der Waals surface area contributed by atoms with Crippen molar-refractivity contribution in [2.45, 2.75) is 61.4 Å². The van der Waals surface area contributed by atoms with Crippen LogP contribution in [-0.4, -0.2) is 151 Å². The minimum atomic E-state index is -2.10. The van der Waals surface area contributed by atoms with E-state index in [1.165, 1.54) is 37.5 Å². The molecular formula is C38H40O21. The van der Waals surface area contributed by atoms with Crippen molar-refractivity contribution in [3.63, 3.8) is 0 Å². The third kappa shape index (κ3) is 8.50. The molecule has 318 valence electrons. The van der Waals surface area contributed by atoms with E-state index in [1.54, 1.807) is 0 Å². The van der Waals surface area contributed by atoms with Crippen molar-refractivity contribution in [3.05, 3.63) is 64.3 Å². The van der Waals surface area contributed by atoms with Gasteiger partial charge in [-0.3, -0.25) is 4.79 Å². The monoisotopic (exact) mass is 832 g/mol. The molecule has 0 amide bonds. The number of hydrogen-bond acceptors (Lipinski definition) is 21. The zero-order valence-electron chi connectivity index (χ0n) is 30.9. The number of ether oxygens (including phenoxy) is 7. The maximum Gasteiger partial charge on any atom is 0.331 e. The SMILES string of the molecule is COc1cc(C=CC(=O)OC2C(OCC3OC(Oc4c(-c5ccc(O)c(O)c5)oc5cc(O)c(OC)c(O)c5c4=O)C(O)C(O)C3O)OC(CO)C(O)C2O)ccc1O. The van der Waals surface area contributed by atoms with E-state index in [2.05, 4.69) is 0 Å². The first-order valence-corrected chi connectivity index (χ1v) is 17.6. The first-order valence-electron chi connectivity index (χ1n) is 17.6. The van der Waals surface area contributed by atoms with E-state index in [4.69, 9.17) is 37.6 Å². The van der Waals surface area contributed by atoms with Gasteiger partial charge in [0.15, 0.2) is 52.7 Å². The molecule has 0 saturated carbocycles. The lowest BCUT2D eigenvalue weighted by Gasteiger charge is -2.43. The normalized spacial score (nSPS) is 27.1. The number of esters is 1. The van der Waals surface area contributed by atoms with Crippen LogP contribution in [0.4, 0.5) is 0 Å². The standard InChI is InChI=1S/C38H40O21/c1-52-20-9-14(3-6-17(20)41)4-8-24(44)58-36-31(50)26(45)22(12-39)56-38(36)54-13-23-27(46)30(49)32(51)37(57-23)59-35-29(48)25-21(11-19(43)34(53-2)28(25)47)55-33(35)15-5-7-16(40)18(42)10-15/h3-11,22-23,26-27,30-32,36-43,45-47,49-51H,12-13H2,1-2H3. The van der Waals surface area contributed by atoms with Gasteiger partial charge in [0.1, 0.15) is 53.7 Å². The molecule has 1 aromatic heterocycles. The Hall–Kier alpha value is -5.88. The van der Waals surface area contributed by atoms with Crippen molar-refractivity contribution in [3.8, 4) is 57.3 Å². The Labute approximate surface area is 331 Å². The lowest BCUT2D eigenvalue weighted by Crippen LogP contribution is -2.62. The Morgan fingerprint density at radius 1 is 0.746 bits per heavy atom. The van der Waals surface area contributed by atoms with Crippen LogP contribution in [0, 0.1) is 0 Å². The minimum Gasteiger partial charge on any atom is -0.504 e. The maximum atomic E-state index is 14.0. The highest BCUT2D eigenvalue weighted by Gasteiger charge is 2.50. The number of aliphatic hydroxyl groups is 6. The largest absolute Gasteiger partial charge is 0.504 e. The van der Waals surface area contributed by atoms with Crippen molar-refractivity contribution in [2.75, 3.05) is 27.4 Å². The van der Waals surface area contributed by atoms with Crippen LogP contribution in [0.3, 0.4) is 0 Å². The number of benzene rings is 3. The van der Waals surface area contributed by atoms with Crippen LogP contribution in [-0.2, 0) is 23.7 Å². The number of phenols is 5. The van der Waals surface area contributed by atoms with Gasteiger partial charge in [-0.15, -0.1) is 0 Å². The summed E-state index contributed by atoms with van der Waals surface area (Å²) in [5, 5.41) is 115. The number of aliphatic hydroxyl groups excluding tert-OH is 6. The fourth-order valence-electron chi connectivity index (χ4n) is 6.36. The molecule has 2 aliphatic heterocycles. The van der Waals surface area contributed by atoms with Gasteiger partial charge in [0.2, 0.25) is 23.2 Å². The van der Waals surface area contributed by atoms with E-state index < -0.39 is 137 Å². The van der Waals surface area contributed by atoms with Crippen molar-refractivity contribution in [2.24, 2.45) is 0 Å². The van der Waals surface area contributed by atoms with Gasteiger partial charge in [0.25, 0.3) is 0 Å². The lowest BCUT2D eigenvalue weighted by atomic mass is 9.98. The summed E-state index contributed by atoms with van der Waals surface area (Å²) in [6.07, 6.45) is -16.3. The highest BCUT2D eigenvalue weighted by atomic mass is 16.7. The fourth-order valence-corrected chi connectivity index (χ4v) is 6.36. The summed E-state index contributed by atoms with van der Waals surface area (Å²) >= 11 is 0. The Bertz CT molecular complexity index is 2260. The van der Waals surface area contributed by atoms with Gasteiger partial charge in [0.05, 0.1) is 27.4 Å². The minimum absolute atomic E-state index is 0.110. The van der Waals surface area contributed by atoms with Gasteiger partial charge in [-0.1, -0.05) is 6.07 Å². The fraction of sp³-hybridized carbons (Fsp3) is 0.368. The topological polar surface area (TPSA) is 334 Å². The molecule has 2 aliphatic rings. The second-order valence-electron chi connectivity index (χ2n) is 13.3. The van der Waals surface area contributed by atoms with Crippen LogP contribution in [0.5, 0.6) is 46.0 Å². The van der Waals surface area contributed by atoms with Gasteiger partial charge in [0, 0.05) is 17.7 Å². The molecule has 0 aliphatic carbocycles. The van der Waals surface area contributed by atoms with Gasteiger partial charge in [-0.2, -0.15) is 0 Å². The average molecular weight is 833 g/mol. The van der Waals surface area contributed by atoms with Gasteiger partial charge in [-0.25, -0.2) is 4.79 Å². The summed E-state index contributed by atoms with van der Waals surface area (Å²) in [6.45, 7) is -1.63. The quantitative estimate of drug-likeness (QED) is 0.0476. The van der Waals surface area contributed by atoms with E-state index in [9.17, 15) is 65.8 Å².